The molecule has 154 valence electrons. The summed E-state index contributed by atoms with van der Waals surface area (Å²) in [5.41, 5.74) is 3.48. The standard InChI is InChI=1S/C25H32N2O2/c1-20-9-2-3-11-22(20)18-26-14-8-10-21(17-26)19-29-24-13-5-4-12-23(24)25(28)27-15-6-7-16-27/h2-5,9,11-13,21H,6-8,10,14-19H2,1H3. The van der Waals surface area contributed by atoms with Crippen LogP contribution in [0.3, 0.4) is 0 Å². The summed E-state index contributed by atoms with van der Waals surface area (Å²) >= 11 is 0. The van der Waals surface area contributed by atoms with Crippen molar-refractivity contribution < 1.29 is 9.53 Å². The minimum Gasteiger partial charge on any atom is -0.492 e. The minimum atomic E-state index is 0.114. The fraction of sp³-hybridized carbons (Fsp3) is 0.480. The molecule has 0 N–H and O–H groups in total. The van der Waals surface area contributed by atoms with Crippen molar-refractivity contribution >= 4 is 5.91 Å². The van der Waals surface area contributed by atoms with Crippen LogP contribution in [0.5, 0.6) is 5.75 Å². The smallest absolute Gasteiger partial charge is 0.257 e. The molecule has 2 saturated heterocycles. The van der Waals surface area contributed by atoms with Gasteiger partial charge in [0, 0.05) is 32.1 Å². The second kappa shape index (κ2) is 9.45. The van der Waals surface area contributed by atoms with Gasteiger partial charge >= 0.3 is 0 Å². The first-order valence-electron chi connectivity index (χ1n) is 11.0. The lowest BCUT2D eigenvalue weighted by Gasteiger charge is -2.33. The summed E-state index contributed by atoms with van der Waals surface area (Å²) in [4.78, 5) is 17.3. The highest BCUT2D eigenvalue weighted by Crippen LogP contribution is 2.25. The van der Waals surface area contributed by atoms with Crippen LogP contribution in [0.15, 0.2) is 48.5 Å². The summed E-state index contributed by atoms with van der Waals surface area (Å²) in [6.45, 7) is 7.80. The van der Waals surface area contributed by atoms with Crippen molar-refractivity contribution in [3.63, 3.8) is 0 Å². The lowest BCUT2D eigenvalue weighted by atomic mass is 9.98. The molecule has 0 bridgehead atoms. The van der Waals surface area contributed by atoms with Crippen LogP contribution < -0.4 is 4.74 Å². The summed E-state index contributed by atoms with van der Waals surface area (Å²) in [5, 5.41) is 0. The van der Waals surface area contributed by atoms with E-state index in [1.54, 1.807) is 0 Å². The molecule has 0 saturated carbocycles. The minimum absolute atomic E-state index is 0.114. The van der Waals surface area contributed by atoms with Crippen LogP contribution >= 0.6 is 0 Å². The lowest BCUT2D eigenvalue weighted by molar-refractivity contribution is 0.0784. The van der Waals surface area contributed by atoms with Gasteiger partial charge in [0.15, 0.2) is 0 Å². The topological polar surface area (TPSA) is 32.8 Å². The Kier molecular flexibility index (Phi) is 6.50. The predicted molar refractivity (Wildman–Crippen MR) is 116 cm³/mol. The van der Waals surface area contributed by atoms with Gasteiger partial charge in [0.1, 0.15) is 5.75 Å². The molecule has 2 fully saturated rings. The van der Waals surface area contributed by atoms with Gasteiger partial charge in [-0.05, 0) is 62.4 Å². The maximum absolute atomic E-state index is 12.8. The number of ether oxygens (including phenoxy) is 1. The van der Waals surface area contributed by atoms with Crippen LogP contribution in [0.1, 0.15) is 47.2 Å². The first-order valence-corrected chi connectivity index (χ1v) is 11.0. The quantitative estimate of drug-likeness (QED) is 0.724. The summed E-state index contributed by atoms with van der Waals surface area (Å²) < 4.78 is 6.21. The van der Waals surface area contributed by atoms with Gasteiger partial charge in [-0.1, -0.05) is 36.4 Å². The third-order valence-corrected chi connectivity index (χ3v) is 6.24. The van der Waals surface area contributed by atoms with E-state index in [-0.39, 0.29) is 5.91 Å². The highest BCUT2D eigenvalue weighted by atomic mass is 16.5. The Bertz CT molecular complexity index is 829. The number of benzene rings is 2. The highest BCUT2D eigenvalue weighted by Gasteiger charge is 2.24. The third-order valence-electron chi connectivity index (χ3n) is 6.24. The maximum atomic E-state index is 12.8. The Labute approximate surface area is 174 Å². The second-order valence-electron chi connectivity index (χ2n) is 8.48. The van der Waals surface area contributed by atoms with Crippen molar-refractivity contribution in [2.24, 2.45) is 5.92 Å². The van der Waals surface area contributed by atoms with Crippen molar-refractivity contribution in [1.82, 2.24) is 9.80 Å². The zero-order chi connectivity index (χ0) is 20.1. The van der Waals surface area contributed by atoms with E-state index in [1.807, 2.05) is 29.2 Å². The second-order valence-corrected chi connectivity index (χ2v) is 8.48. The van der Waals surface area contributed by atoms with Gasteiger partial charge in [-0.25, -0.2) is 0 Å². The third kappa shape index (κ3) is 4.99. The van der Waals surface area contributed by atoms with E-state index in [0.29, 0.717) is 18.1 Å². The molecule has 0 radical (unpaired) electrons. The Hall–Kier alpha value is -2.33. The Morgan fingerprint density at radius 2 is 1.76 bits per heavy atom. The molecule has 2 aliphatic heterocycles. The molecule has 29 heavy (non-hydrogen) atoms. The number of carbonyl (C=O) groups excluding carboxylic acids is 1. The number of para-hydroxylation sites is 1. The van der Waals surface area contributed by atoms with E-state index in [0.717, 1.165) is 51.3 Å². The van der Waals surface area contributed by atoms with Crippen molar-refractivity contribution in [3.8, 4) is 5.75 Å². The van der Waals surface area contributed by atoms with Crippen LogP contribution in [-0.4, -0.2) is 48.5 Å². The number of hydrogen-bond acceptors (Lipinski definition) is 3. The molecule has 0 spiro atoms. The summed E-state index contributed by atoms with van der Waals surface area (Å²) in [6, 6.07) is 16.4. The van der Waals surface area contributed by atoms with Gasteiger partial charge in [0.2, 0.25) is 0 Å². The van der Waals surface area contributed by atoms with Crippen LogP contribution in [0.4, 0.5) is 0 Å². The van der Waals surface area contributed by atoms with Crippen molar-refractivity contribution in [3.05, 3.63) is 65.2 Å². The molecule has 0 aliphatic carbocycles. The van der Waals surface area contributed by atoms with E-state index < -0.39 is 0 Å². The van der Waals surface area contributed by atoms with Crippen LogP contribution in [0.25, 0.3) is 0 Å². The molecule has 4 nitrogen and oxygen atoms in total. The monoisotopic (exact) mass is 392 g/mol. The number of amides is 1. The number of rotatable bonds is 6. The number of hydrogen-bond donors (Lipinski definition) is 0. The SMILES string of the molecule is Cc1ccccc1CN1CCCC(COc2ccccc2C(=O)N2CCCC2)C1. The number of carbonyl (C=O) groups is 1. The van der Waals surface area contributed by atoms with E-state index in [2.05, 4.69) is 36.1 Å². The molecule has 2 aromatic rings. The van der Waals surface area contributed by atoms with Gasteiger partial charge < -0.3 is 9.64 Å². The van der Waals surface area contributed by atoms with Crippen molar-refractivity contribution in [1.29, 1.82) is 0 Å². The molecule has 4 heteroatoms. The van der Waals surface area contributed by atoms with Crippen molar-refractivity contribution in [2.75, 3.05) is 32.8 Å². The maximum Gasteiger partial charge on any atom is 0.257 e. The Morgan fingerprint density at radius 3 is 2.59 bits per heavy atom. The first-order chi connectivity index (χ1) is 14.2. The van der Waals surface area contributed by atoms with E-state index in [9.17, 15) is 4.79 Å². The molecule has 1 unspecified atom stereocenters. The summed E-state index contributed by atoms with van der Waals surface area (Å²) in [6.07, 6.45) is 4.60. The lowest BCUT2D eigenvalue weighted by Crippen LogP contribution is -2.37. The van der Waals surface area contributed by atoms with Gasteiger partial charge in [-0.2, -0.15) is 0 Å². The molecule has 2 aromatic carbocycles. The number of aryl methyl sites for hydroxylation is 1. The average Bonchev–Trinajstić information content (AvgIpc) is 3.29. The van der Waals surface area contributed by atoms with Crippen molar-refractivity contribution in [2.45, 2.75) is 39.2 Å². The largest absolute Gasteiger partial charge is 0.492 e. The first kappa shape index (κ1) is 20.0. The molecule has 2 aliphatic rings. The van der Waals surface area contributed by atoms with E-state index in [1.165, 1.54) is 24.0 Å². The normalized spacial score (nSPS) is 20.0. The van der Waals surface area contributed by atoms with Gasteiger partial charge in [0.05, 0.1) is 12.2 Å². The molecular formula is C25H32N2O2. The molecular weight excluding hydrogens is 360 g/mol. The average molecular weight is 393 g/mol. The fourth-order valence-corrected chi connectivity index (χ4v) is 4.53. The number of likely N-dealkylation sites (tertiary alicyclic amines) is 2. The zero-order valence-electron chi connectivity index (χ0n) is 17.5. The Morgan fingerprint density at radius 1 is 1.00 bits per heavy atom. The Balaban J connectivity index is 1.35. The molecule has 2 heterocycles. The van der Waals surface area contributed by atoms with Gasteiger partial charge in [-0.3, -0.25) is 9.69 Å². The summed E-state index contributed by atoms with van der Waals surface area (Å²) in [7, 11) is 0. The molecule has 1 amide bonds. The summed E-state index contributed by atoms with van der Waals surface area (Å²) in [5.74, 6) is 1.35. The molecule has 0 aromatic heterocycles. The number of piperidine rings is 1. The van der Waals surface area contributed by atoms with Crippen LogP contribution in [-0.2, 0) is 6.54 Å². The van der Waals surface area contributed by atoms with E-state index in [4.69, 9.17) is 4.74 Å². The zero-order valence-corrected chi connectivity index (χ0v) is 17.5. The molecule has 4 rings (SSSR count). The van der Waals surface area contributed by atoms with E-state index >= 15 is 0 Å². The van der Waals surface area contributed by atoms with Crippen LogP contribution in [0, 0.1) is 12.8 Å². The van der Waals surface area contributed by atoms with Gasteiger partial charge in [-0.15, -0.1) is 0 Å². The predicted octanol–water partition coefficient (Wildman–Crippen LogP) is 4.52. The molecule has 1 atom stereocenters. The highest BCUT2D eigenvalue weighted by molar-refractivity contribution is 5.97. The number of nitrogens with zero attached hydrogens (tertiary/aromatic N) is 2. The van der Waals surface area contributed by atoms with Crippen LogP contribution in [0.2, 0.25) is 0 Å². The van der Waals surface area contributed by atoms with Gasteiger partial charge in [0.25, 0.3) is 5.91 Å². The fourth-order valence-electron chi connectivity index (χ4n) is 4.53.